The Kier molecular flexibility index (Phi) is 3.71. The molecule has 4 nitrogen and oxygen atoms in total. The van der Waals surface area contributed by atoms with Gasteiger partial charge < -0.3 is 14.7 Å². The molecule has 1 aliphatic rings. The number of aromatic nitrogens is 1. The lowest BCUT2D eigenvalue weighted by molar-refractivity contribution is 0.187. The van der Waals surface area contributed by atoms with E-state index in [2.05, 4.69) is 47.2 Å². The molecule has 0 amide bonds. The summed E-state index contributed by atoms with van der Waals surface area (Å²) in [4.78, 5) is 6.13. The van der Waals surface area contributed by atoms with Crippen molar-refractivity contribution in [2.45, 2.75) is 19.9 Å². The lowest BCUT2D eigenvalue weighted by Gasteiger charge is -2.33. The van der Waals surface area contributed by atoms with Gasteiger partial charge in [0.1, 0.15) is 5.76 Å². The average Bonchev–Trinajstić information content (AvgIpc) is 3.22. The second-order valence-corrected chi connectivity index (χ2v) is 6.40. The molecule has 120 valence electrons. The van der Waals surface area contributed by atoms with Gasteiger partial charge >= 0.3 is 0 Å². The van der Waals surface area contributed by atoms with E-state index in [-0.39, 0.29) is 0 Å². The number of aromatic amines is 1. The minimum Gasteiger partial charge on any atom is -0.463 e. The maximum Gasteiger partial charge on any atom is 0.150 e. The van der Waals surface area contributed by atoms with Crippen LogP contribution in [-0.2, 0) is 0 Å². The summed E-state index contributed by atoms with van der Waals surface area (Å²) in [6.07, 6.45) is 1.74. The van der Waals surface area contributed by atoms with Crippen LogP contribution in [0.1, 0.15) is 24.1 Å². The highest BCUT2D eigenvalue weighted by Crippen LogP contribution is 2.37. The number of nitrogens with zero attached hydrogens (tertiary/aromatic N) is 1. The summed E-state index contributed by atoms with van der Waals surface area (Å²) in [5.74, 6) is 0.913. The van der Waals surface area contributed by atoms with Gasteiger partial charge in [-0.25, -0.2) is 0 Å². The zero-order valence-electron chi connectivity index (χ0n) is 13.7. The molecule has 3 heterocycles. The van der Waals surface area contributed by atoms with E-state index < -0.39 is 0 Å². The maximum absolute atomic E-state index is 5.70. The molecule has 2 N–H and O–H groups in total. The first kappa shape index (κ1) is 14.5. The standard InChI is InChI=1S/C19H23N3O/c1-13-5-6-16-15(12-13)18(14(2)22-9-7-20-8-10-22)19(21-16)17-4-3-11-23-17/h3-6,11-12,14,20-21H,7-10H2,1-2H3. The summed E-state index contributed by atoms with van der Waals surface area (Å²) in [6, 6.07) is 10.9. The van der Waals surface area contributed by atoms with Gasteiger partial charge in [0, 0.05) is 48.7 Å². The monoisotopic (exact) mass is 309 g/mol. The quantitative estimate of drug-likeness (QED) is 0.775. The molecule has 1 unspecified atom stereocenters. The normalized spacial score (nSPS) is 17.7. The Balaban J connectivity index is 1.87. The molecule has 1 atom stereocenters. The number of hydrogen-bond donors (Lipinski definition) is 2. The Hall–Kier alpha value is -2.04. The van der Waals surface area contributed by atoms with Crippen LogP contribution in [0.4, 0.5) is 0 Å². The predicted octanol–water partition coefficient (Wildman–Crippen LogP) is 3.70. The van der Waals surface area contributed by atoms with E-state index in [1.165, 1.54) is 22.0 Å². The van der Waals surface area contributed by atoms with Crippen molar-refractivity contribution >= 4 is 10.9 Å². The number of H-pyrrole nitrogens is 1. The van der Waals surface area contributed by atoms with Crippen molar-refractivity contribution in [2.75, 3.05) is 26.2 Å². The Morgan fingerprint density at radius 3 is 2.74 bits per heavy atom. The average molecular weight is 309 g/mol. The van der Waals surface area contributed by atoms with Gasteiger partial charge in [0.15, 0.2) is 0 Å². The Bertz CT molecular complexity index is 797. The summed E-state index contributed by atoms with van der Waals surface area (Å²) in [5.41, 5.74) is 4.93. The molecule has 3 aromatic rings. The van der Waals surface area contributed by atoms with E-state index in [9.17, 15) is 0 Å². The smallest absolute Gasteiger partial charge is 0.150 e. The number of nitrogens with one attached hydrogen (secondary N) is 2. The summed E-state index contributed by atoms with van der Waals surface area (Å²) in [5, 5.41) is 4.74. The van der Waals surface area contributed by atoms with Gasteiger partial charge in [0.2, 0.25) is 0 Å². The van der Waals surface area contributed by atoms with Crippen LogP contribution in [0.3, 0.4) is 0 Å². The second-order valence-electron chi connectivity index (χ2n) is 6.40. The first-order valence-electron chi connectivity index (χ1n) is 8.35. The first-order chi connectivity index (χ1) is 11.2. The summed E-state index contributed by atoms with van der Waals surface area (Å²) in [7, 11) is 0. The van der Waals surface area contributed by atoms with Gasteiger partial charge in [-0.05, 0) is 38.1 Å². The van der Waals surface area contributed by atoms with Crippen LogP contribution in [-0.4, -0.2) is 36.1 Å². The molecule has 4 heteroatoms. The van der Waals surface area contributed by atoms with Crippen molar-refractivity contribution in [3.05, 3.63) is 47.7 Å². The van der Waals surface area contributed by atoms with E-state index in [4.69, 9.17) is 4.42 Å². The largest absolute Gasteiger partial charge is 0.463 e. The highest BCUT2D eigenvalue weighted by molar-refractivity contribution is 5.91. The van der Waals surface area contributed by atoms with Crippen LogP contribution in [0.25, 0.3) is 22.4 Å². The summed E-state index contributed by atoms with van der Waals surface area (Å²) < 4.78 is 5.70. The van der Waals surface area contributed by atoms with Crippen LogP contribution < -0.4 is 5.32 Å². The van der Waals surface area contributed by atoms with Crippen molar-refractivity contribution in [3.63, 3.8) is 0 Å². The Morgan fingerprint density at radius 2 is 2.00 bits per heavy atom. The van der Waals surface area contributed by atoms with Crippen LogP contribution >= 0.6 is 0 Å². The SMILES string of the molecule is Cc1ccc2[nH]c(-c3ccco3)c(C(C)N3CCNCC3)c2c1. The van der Waals surface area contributed by atoms with Crippen LogP contribution in [0.5, 0.6) is 0 Å². The third kappa shape index (κ3) is 2.58. The van der Waals surface area contributed by atoms with E-state index in [1.54, 1.807) is 6.26 Å². The third-order valence-electron chi connectivity index (χ3n) is 4.88. The Labute approximate surface area is 136 Å². The van der Waals surface area contributed by atoms with Gasteiger partial charge in [0.25, 0.3) is 0 Å². The Morgan fingerprint density at radius 1 is 1.17 bits per heavy atom. The lowest BCUT2D eigenvalue weighted by atomic mass is 10.00. The zero-order chi connectivity index (χ0) is 15.8. The van der Waals surface area contributed by atoms with Gasteiger partial charge in [-0.3, -0.25) is 4.90 Å². The molecule has 0 aliphatic carbocycles. The molecule has 0 spiro atoms. The maximum atomic E-state index is 5.70. The fourth-order valence-electron chi connectivity index (χ4n) is 3.63. The van der Waals surface area contributed by atoms with Crippen molar-refractivity contribution in [1.82, 2.24) is 15.2 Å². The van der Waals surface area contributed by atoms with E-state index in [0.29, 0.717) is 6.04 Å². The molecule has 23 heavy (non-hydrogen) atoms. The third-order valence-corrected chi connectivity index (χ3v) is 4.88. The van der Waals surface area contributed by atoms with E-state index >= 15 is 0 Å². The fraction of sp³-hybridized carbons (Fsp3) is 0.368. The van der Waals surface area contributed by atoms with Crippen molar-refractivity contribution < 1.29 is 4.42 Å². The van der Waals surface area contributed by atoms with Crippen LogP contribution in [0.2, 0.25) is 0 Å². The number of aryl methyl sites for hydroxylation is 1. The molecule has 0 saturated carbocycles. The molecular weight excluding hydrogens is 286 g/mol. The number of benzene rings is 1. The second kappa shape index (κ2) is 5.87. The van der Waals surface area contributed by atoms with Crippen LogP contribution in [0.15, 0.2) is 41.0 Å². The topological polar surface area (TPSA) is 44.2 Å². The molecular formula is C19H23N3O. The molecule has 0 bridgehead atoms. The van der Waals surface area contributed by atoms with E-state index in [1.807, 2.05) is 12.1 Å². The molecule has 1 aromatic carbocycles. The molecule has 4 rings (SSSR count). The molecule has 1 fully saturated rings. The number of rotatable bonds is 3. The minimum atomic E-state index is 0.354. The van der Waals surface area contributed by atoms with Gasteiger partial charge in [-0.15, -0.1) is 0 Å². The molecule has 1 aliphatic heterocycles. The van der Waals surface area contributed by atoms with Crippen LogP contribution in [0, 0.1) is 6.92 Å². The molecule has 0 radical (unpaired) electrons. The fourth-order valence-corrected chi connectivity index (χ4v) is 3.63. The molecule has 1 saturated heterocycles. The highest BCUT2D eigenvalue weighted by Gasteiger charge is 2.25. The number of furan rings is 1. The first-order valence-corrected chi connectivity index (χ1v) is 8.35. The minimum absolute atomic E-state index is 0.354. The van der Waals surface area contributed by atoms with Gasteiger partial charge in [-0.2, -0.15) is 0 Å². The summed E-state index contributed by atoms with van der Waals surface area (Å²) in [6.45, 7) is 8.74. The number of piperazine rings is 1. The summed E-state index contributed by atoms with van der Waals surface area (Å²) >= 11 is 0. The predicted molar refractivity (Wildman–Crippen MR) is 93.6 cm³/mol. The highest BCUT2D eigenvalue weighted by atomic mass is 16.3. The lowest BCUT2D eigenvalue weighted by Crippen LogP contribution is -2.44. The van der Waals surface area contributed by atoms with Crippen molar-refractivity contribution in [3.8, 4) is 11.5 Å². The number of fused-ring (bicyclic) bond motifs is 1. The van der Waals surface area contributed by atoms with Crippen molar-refractivity contribution in [1.29, 1.82) is 0 Å². The molecule has 2 aromatic heterocycles. The van der Waals surface area contributed by atoms with Gasteiger partial charge in [-0.1, -0.05) is 11.6 Å². The van der Waals surface area contributed by atoms with E-state index in [0.717, 1.165) is 37.6 Å². The van der Waals surface area contributed by atoms with Crippen molar-refractivity contribution in [2.24, 2.45) is 0 Å². The number of hydrogen-bond acceptors (Lipinski definition) is 3. The van der Waals surface area contributed by atoms with Gasteiger partial charge in [0.05, 0.1) is 12.0 Å². The zero-order valence-corrected chi connectivity index (χ0v) is 13.7.